The number of hydrogen-bond donors (Lipinski definition) is 1. The van der Waals surface area contributed by atoms with Crippen LogP contribution in [-0.2, 0) is 11.2 Å². The summed E-state index contributed by atoms with van der Waals surface area (Å²) in [6.07, 6.45) is 0.574. The van der Waals surface area contributed by atoms with Gasteiger partial charge in [-0.25, -0.2) is 8.78 Å². The highest BCUT2D eigenvalue weighted by molar-refractivity contribution is 5.78. The van der Waals surface area contributed by atoms with E-state index in [-0.39, 0.29) is 17.9 Å². The van der Waals surface area contributed by atoms with Crippen LogP contribution >= 0.6 is 0 Å². The summed E-state index contributed by atoms with van der Waals surface area (Å²) in [6, 6.07) is 3.89. The first-order valence-corrected chi connectivity index (χ1v) is 6.86. The molecule has 0 aromatic heterocycles. The summed E-state index contributed by atoms with van der Waals surface area (Å²) in [4.78, 5) is 13.9. The fraction of sp³-hybridized carbons (Fsp3) is 0.533. The molecule has 112 valence electrons. The Morgan fingerprint density at radius 1 is 1.35 bits per heavy atom. The van der Waals surface area contributed by atoms with Gasteiger partial charge in [0.2, 0.25) is 5.91 Å². The molecule has 0 aliphatic rings. The van der Waals surface area contributed by atoms with E-state index in [4.69, 9.17) is 5.73 Å². The lowest BCUT2D eigenvalue weighted by atomic mass is 10.1. The molecule has 0 spiro atoms. The molecule has 0 aliphatic carbocycles. The molecule has 0 aliphatic heterocycles. The molecule has 0 saturated carbocycles. The molecule has 0 fully saturated rings. The van der Waals surface area contributed by atoms with Gasteiger partial charge in [-0.15, -0.1) is 0 Å². The van der Waals surface area contributed by atoms with Crippen LogP contribution in [0.1, 0.15) is 25.8 Å². The lowest BCUT2D eigenvalue weighted by molar-refractivity contribution is -0.131. The van der Waals surface area contributed by atoms with Crippen molar-refractivity contribution in [3.63, 3.8) is 0 Å². The van der Waals surface area contributed by atoms with Crippen molar-refractivity contribution >= 4 is 5.91 Å². The van der Waals surface area contributed by atoms with Crippen LogP contribution in [0.5, 0.6) is 0 Å². The van der Waals surface area contributed by atoms with E-state index >= 15 is 0 Å². The Bertz CT molecular complexity index is 449. The molecule has 0 radical (unpaired) electrons. The van der Waals surface area contributed by atoms with Gasteiger partial charge in [0, 0.05) is 18.7 Å². The van der Waals surface area contributed by atoms with Crippen LogP contribution in [0.15, 0.2) is 18.2 Å². The highest BCUT2D eigenvalue weighted by Gasteiger charge is 2.17. The first-order chi connectivity index (χ1) is 9.45. The number of nitrogens with two attached hydrogens (primary N) is 1. The molecule has 5 heteroatoms. The van der Waals surface area contributed by atoms with E-state index in [1.165, 1.54) is 12.1 Å². The van der Waals surface area contributed by atoms with Gasteiger partial charge in [-0.05, 0) is 24.9 Å². The quantitative estimate of drug-likeness (QED) is 0.835. The summed E-state index contributed by atoms with van der Waals surface area (Å²) in [5, 5.41) is 0. The number of rotatable bonds is 7. The number of amides is 1. The molecule has 1 aromatic carbocycles. The van der Waals surface area contributed by atoms with E-state index in [1.54, 1.807) is 4.90 Å². The lowest BCUT2D eigenvalue weighted by Crippen LogP contribution is -2.37. The number of nitrogens with zero attached hydrogens (tertiary/aromatic N) is 1. The fourth-order valence-electron chi connectivity index (χ4n) is 2.00. The zero-order valence-electron chi connectivity index (χ0n) is 12.0. The van der Waals surface area contributed by atoms with E-state index in [9.17, 15) is 13.6 Å². The van der Waals surface area contributed by atoms with Gasteiger partial charge in [0.15, 0.2) is 11.6 Å². The first-order valence-electron chi connectivity index (χ1n) is 6.86. The third-order valence-corrected chi connectivity index (χ3v) is 2.94. The van der Waals surface area contributed by atoms with Crippen LogP contribution in [0.4, 0.5) is 8.78 Å². The van der Waals surface area contributed by atoms with Gasteiger partial charge in [0.1, 0.15) is 0 Å². The average Bonchev–Trinajstić information content (AvgIpc) is 2.39. The Balaban J connectivity index is 2.76. The largest absolute Gasteiger partial charge is 0.342 e. The van der Waals surface area contributed by atoms with Crippen molar-refractivity contribution in [1.29, 1.82) is 0 Å². The second kappa shape index (κ2) is 7.94. The Morgan fingerprint density at radius 3 is 2.65 bits per heavy atom. The van der Waals surface area contributed by atoms with Crippen molar-refractivity contribution in [2.24, 2.45) is 11.7 Å². The van der Waals surface area contributed by atoms with E-state index < -0.39 is 11.6 Å². The van der Waals surface area contributed by atoms with Gasteiger partial charge in [0.05, 0.1) is 6.42 Å². The molecule has 0 atom stereocenters. The second-order valence-electron chi connectivity index (χ2n) is 5.27. The monoisotopic (exact) mass is 284 g/mol. The molecule has 0 saturated heterocycles. The summed E-state index contributed by atoms with van der Waals surface area (Å²) < 4.78 is 26.7. The molecule has 3 nitrogen and oxygen atoms in total. The minimum Gasteiger partial charge on any atom is -0.342 e. The number of benzene rings is 1. The Labute approximate surface area is 118 Å². The Kier molecular flexibility index (Phi) is 6.58. The predicted octanol–water partition coefficient (Wildman–Crippen LogP) is 2.34. The van der Waals surface area contributed by atoms with Crippen LogP contribution in [0.25, 0.3) is 0 Å². The van der Waals surface area contributed by atoms with Crippen molar-refractivity contribution in [2.45, 2.75) is 26.7 Å². The van der Waals surface area contributed by atoms with E-state index in [1.807, 2.05) is 13.8 Å². The summed E-state index contributed by atoms with van der Waals surface area (Å²) in [5.74, 6) is -1.75. The molecule has 0 unspecified atom stereocenters. The zero-order valence-corrected chi connectivity index (χ0v) is 12.0. The lowest BCUT2D eigenvalue weighted by Gasteiger charge is -2.24. The summed E-state index contributed by atoms with van der Waals surface area (Å²) in [7, 11) is 0. The number of carbonyl (C=O) groups is 1. The summed E-state index contributed by atoms with van der Waals surface area (Å²) in [5.41, 5.74) is 5.55. The highest BCUT2D eigenvalue weighted by Crippen LogP contribution is 2.13. The van der Waals surface area contributed by atoms with Gasteiger partial charge < -0.3 is 10.6 Å². The first kappa shape index (κ1) is 16.6. The topological polar surface area (TPSA) is 46.3 Å². The molecule has 1 aromatic rings. The van der Waals surface area contributed by atoms with E-state index in [0.717, 1.165) is 6.07 Å². The van der Waals surface area contributed by atoms with Crippen LogP contribution < -0.4 is 5.73 Å². The third kappa shape index (κ3) is 4.89. The minimum absolute atomic E-state index is 0.0940. The zero-order chi connectivity index (χ0) is 15.1. The summed E-state index contributed by atoms with van der Waals surface area (Å²) in [6.45, 7) is 5.65. The number of carbonyl (C=O) groups excluding carboxylic acids is 1. The fourth-order valence-corrected chi connectivity index (χ4v) is 2.00. The number of halogens is 2. The van der Waals surface area contributed by atoms with Gasteiger partial charge in [-0.2, -0.15) is 0 Å². The van der Waals surface area contributed by atoms with Crippen LogP contribution in [0.3, 0.4) is 0 Å². The van der Waals surface area contributed by atoms with E-state index in [2.05, 4.69) is 0 Å². The number of hydrogen-bond acceptors (Lipinski definition) is 2. The molecule has 0 bridgehead atoms. The molecule has 1 rings (SSSR count). The predicted molar refractivity (Wildman–Crippen MR) is 75.2 cm³/mol. The van der Waals surface area contributed by atoms with Crippen molar-refractivity contribution in [2.75, 3.05) is 19.6 Å². The summed E-state index contributed by atoms with van der Waals surface area (Å²) >= 11 is 0. The van der Waals surface area contributed by atoms with Crippen molar-refractivity contribution < 1.29 is 13.6 Å². The van der Waals surface area contributed by atoms with Crippen molar-refractivity contribution in [1.82, 2.24) is 4.90 Å². The Morgan fingerprint density at radius 2 is 2.05 bits per heavy atom. The van der Waals surface area contributed by atoms with Crippen LogP contribution in [-0.4, -0.2) is 30.4 Å². The van der Waals surface area contributed by atoms with Crippen LogP contribution in [0.2, 0.25) is 0 Å². The van der Waals surface area contributed by atoms with E-state index in [0.29, 0.717) is 32.0 Å². The molecular weight excluding hydrogens is 262 g/mol. The van der Waals surface area contributed by atoms with Crippen molar-refractivity contribution in [3.05, 3.63) is 35.4 Å². The maximum absolute atomic E-state index is 13.6. The average molecular weight is 284 g/mol. The molecule has 20 heavy (non-hydrogen) atoms. The molecule has 0 heterocycles. The normalized spacial score (nSPS) is 10.9. The smallest absolute Gasteiger partial charge is 0.227 e. The highest BCUT2D eigenvalue weighted by atomic mass is 19.2. The van der Waals surface area contributed by atoms with Gasteiger partial charge in [0.25, 0.3) is 0 Å². The van der Waals surface area contributed by atoms with Gasteiger partial charge in [-0.3, -0.25) is 4.79 Å². The molecule has 2 N–H and O–H groups in total. The third-order valence-electron chi connectivity index (χ3n) is 2.94. The maximum atomic E-state index is 13.6. The second-order valence-corrected chi connectivity index (χ2v) is 5.27. The van der Waals surface area contributed by atoms with Gasteiger partial charge in [-0.1, -0.05) is 26.0 Å². The van der Waals surface area contributed by atoms with Crippen LogP contribution in [0, 0.1) is 17.6 Å². The molecule has 1 amide bonds. The maximum Gasteiger partial charge on any atom is 0.227 e. The standard InChI is InChI=1S/C15H22F2N2O/c1-11(2)10-19(8-4-7-18)14(20)9-12-5-3-6-13(16)15(12)17/h3,5-6,11H,4,7-10,18H2,1-2H3. The van der Waals surface area contributed by atoms with Gasteiger partial charge >= 0.3 is 0 Å². The van der Waals surface area contributed by atoms with Crippen molar-refractivity contribution in [3.8, 4) is 0 Å². The molecular formula is C15H22F2N2O. The SMILES string of the molecule is CC(C)CN(CCCN)C(=O)Cc1cccc(F)c1F. The minimum atomic E-state index is -0.941. The Hall–Kier alpha value is -1.49.